The normalized spacial score (nSPS) is 18.2. The number of hydrogen-bond acceptors (Lipinski definition) is 6. The zero-order valence-corrected chi connectivity index (χ0v) is 19.4. The molecule has 2 heterocycles. The number of fused-ring (bicyclic) bond motifs is 1. The van der Waals surface area contributed by atoms with Crippen molar-refractivity contribution >= 4 is 38.0 Å². The Labute approximate surface area is 194 Å². The predicted molar refractivity (Wildman–Crippen MR) is 129 cm³/mol. The number of nitrogens with one attached hydrogen (secondary N) is 2. The molecule has 0 bridgehead atoms. The number of benzene rings is 1. The lowest BCUT2D eigenvalue weighted by atomic mass is 9.86. The molecule has 170 valence electrons. The van der Waals surface area contributed by atoms with Crippen molar-refractivity contribution in [2.75, 3.05) is 11.6 Å². The van der Waals surface area contributed by atoms with E-state index >= 15 is 0 Å². The second-order valence-corrected chi connectivity index (χ2v) is 10.4. The smallest absolute Gasteiger partial charge is 0.217 e. The van der Waals surface area contributed by atoms with Gasteiger partial charge < -0.3 is 10.6 Å². The van der Waals surface area contributed by atoms with E-state index in [4.69, 9.17) is 0 Å². The highest BCUT2D eigenvalue weighted by Crippen LogP contribution is 2.25. The van der Waals surface area contributed by atoms with E-state index < -0.39 is 9.84 Å². The van der Waals surface area contributed by atoms with Gasteiger partial charge >= 0.3 is 0 Å². The number of anilines is 2. The summed E-state index contributed by atoms with van der Waals surface area (Å²) in [6, 6.07) is 10.6. The number of sulfone groups is 1. The van der Waals surface area contributed by atoms with Crippen LogP contribution in [0.2, 0.25) is 0 Å². The Morgan fingerprint density at radius 1 is 1.06 bits per heavy atom. The monoisotopic (exact) mass is 462 g/mol. The van der Waals surface area contributed by atoms with Gasteiger partial charge in [0.15, 0.2) is 9.84 Å². The minimum atomic E-state index is -3.24. The second-order valence-electron chi connectivity index (χ2n) is 8.39. The first-order chi connectivity index (χ1) is 15.8. The van der Waals surface area contributed by atoms with E-state index in [-0.39, 0.29) is 16.8 Å². The summed E-state index contributed by atoms with van der Waals surface area (Å²) in [4.78, 5) is 20.5. The lowest BCUT2D eigenvalue weighted by molar-refractivity contribution is -0.119. The third-order valence-corrected chi connectivity index (χ3v) is 6.86. The summed E-state index contributed by atoms with van der Waals surface area (Å²) in [5.41, 5.74) is 1.44. The molecule has 0 saturated heterocycles. The summed E-state index contributed by atoms with van der Waals surface area (Å²) in [7, 11) is -3.24. The number of amides is 1. The Bertz CT molecular complexity index is 1330. The van der Waals surface area contributed by atoms with Crippen LogP contribution < -0.4 is 10.6 Å². The van der Waals surface area contributed by atoms with Crippen molar-refractivity contribution in [1.82, 2.24) is 15.3 Å². The molecule has 8 heteroatoms. The zero-order chi connectivity index (χ0) is 23.4. The van der Waals surface area contributed by atoms with Crippen LogP contribution in [0.4, 0.5) is 11.5 Å². The van der Waals surface area contributed by atoms with Crippen LogP contribution in [0.3, 0.4) is 0 Å². The molecule has 2 aromatic heterocycles. The molecule has 0 spiro atoms. The first-order valence-electron chi connectivity index (χ1n) is 10.9. The number of rotatable bonds is 4. The van der Waals surface area contributed by atoms with Crippen LogP contribution in [-0.2, 0) is 14.6 Å². The van der Waals surface area contributed by atoms with Gasteiger partial charge in [0.2, 0.25) is 5.91 Å². The van der Waals surface area contributed by atoms with E-state index in [9.17, 15) is 13.2 Å². The summed E-state index contributed by atoms with van der Waals surface area (Å²) in [5.74, 6) is 7.57. The van der Waals surface area contributed by atoms with E-state index in [2.05, 4.69) is 32.4 Å². The highest BCUT2D eigenvalue weighted by Gasteiger charge is 2.20. The molecule has 1 saturated carbocycles. The predicted octanol–water partition coefficient (Wildman–Crippen LogP) is 3.82. The van der Waals surface area contributed by atoms with E-state index in [1.165, 1.54) is 6.26 Å². The molecule has 7 nitrogen and oxygen atoms in total. The maximum Gasteiger partial charge on any atom is 0.217 e. The van der Waals surface area contributed by atoms with Crippen LogP contribution in [-0.4, -0.2) is 36.6 Å². The second kappa shape index (κ2) is 9.59. The summed E-state index contributed by atoms with van der Waals surface area (Å²) in [6.07, 6.45) is 8.49. The molecule has 1 amide bonds. The summed E-state index contributed by atoms with van der Waals surface area (Å²) in [6.45, 7) is 1.56. The molecule has 0 atom stereocenters. The fourth-order valence-electron chi connectivity index (χ4n) is 4.01. The third-order valence-electron chi connectivity index (χ3n) is 5.73. The molecule has 0 aliphatic heterocycles. The first kappa shape index (κ1) is 22.7. The number of carbonyl (C=O) groups is 1. The Kier molecular flexibility index (Phi) is 6.61. The fraction of sp³-hybridized carbons (Fsp3) is 0.320. The number of pyridine rings is 2. The van der Waals surface area contributed by atoms with Gasteiger partial charge in [0.25, 0.3) is 0 Å². The van der Waals surface area contributed by atoms with Crippen LogP contribution >= 0.6 is 0 Å². The Balaban J connectivity index is 1.51. The molecule has 0 unspecified atom stereocenters. The Morgan fingerprint density at radius 3 is 2.45 bits per heavy atom. The number of carbonyl (C=O) groups excluding carboxylic acids is 1. The minimum Gasteiger partial charge on any atom is -0.354 e. The lowest BCUT2D eigenvalue weighted by Crippen LogP contribution is -2.35. The van der Waals surface area contributed by atoms with Gasteiger partial charge in [0, 0.05) is 54.0 Å². The fourth-order valence-corrected chi connectivity index (χ4v) is 4.64. The SMILES string of the molecule is CC(=O)NC1CCC(C#Cc2nccc3cnc(Nc4ccc(S(C)(=O)=O)cc4)cc23)CC1. The summed E-state index contributed by atoms with van der Waals surface area (Å²) >= 11 is 0. The minimum absolute atomic E-state index is 0.0221. The van der Waals surface area contributed by atoms with Crippen LogP contribution in [0.5, 0.6) is 0 Å². The highest BCUT2D eigenvalue weighted by atomic mass is 32.2. The molecule has 1 aromatic carbocycles. The molecule has 4 rings (SSSR count). The third kappa shape index (κ3) is 5.88. The Morgan fingerprint density at radius 2 is 1.79 bits per heavy atom. The zero-order valence-electron chi connectivity index (χ0n) is 18.6. The van der Waals surface area contributed by atoms with Gasteiger partial charge in [-0.1, -0.05) is 5.92 Å². The van der Waals surface area contributed by atoms with Crippen molar-refractivity contribution in [2.45, 2.75) is 43.5 Å². The first-order valence-corrected chi connectivity index (χ1v) is 12.8. The van der Waals surface area contributed by atoms with Gasteiger partial charge in [-0.3, -0.25) is 4.79 Å². The molecule has 1 fully saturated rings. The van der Waals surface area contributed by atoms with Gasteiger partial charge in [-0.25, -0.2) is 18.4 Å². The average molecular weight is 463 g/mol. The standard InChI is InChI=1S/C25H26N4O3S/c1-17(30)28-20-6-3-18(4-7-20)5-12-24-23-15-25(27-16-19(23)13-14-26-24)29-21-8-10-22(11-9-21)33(2,31)32/h8-11,13-16,18,20H,3-4,6-7H2,1-2H3,(H,27,29)(H,28,30). The molecule has 1 aliphatic rings. The van der Waals surface area contributed by atoms with Gasteiger partial charge in [-0.15, -0.1) is 0 Å². The molecular weight excluding hydrogens is 436 g/mol. The van der Waals surface area contributed by atoms with E-state index in [0.29, 0.717) is 17.4 Å². The molecule has 1 aliphatic carbocycles. The van der Waals surface area contributed by atoms with Crippen LogP contribution in [0.15, 0.2) is 53.7 Å². The average Bonchev–Trinajstić information content (AvgIpc) is 2.78. The van der Waals surface area contributed by atoms with Crippen molar-refractivity contribution < 1.29 is 13.2 Å². The topological polar surface area (TPSA) is 101 Å². The lowest BCUT2D eigenvalue weighted by Gasteiger charge is -2.25. The van der Waals surface area contributed by atoms with Crippen LogP contribution in [0.25, 0.3) is 10.8 Å². The number of hydrogen-bond donors (Lipinski definition) is 2. The quantitative estimate of drug-likeness (QED) is 0.572. The molecule has 0 radical (unpaired) electrons. The van der Waals surface area contributed by atoms with Crippen molar-refractivity contribution in [3.05, 3.63) is 54.5 Å². The molecule has 3 aromatic rings. The Hall–Kier alpha value is -3.44. The van der Waals surface area contributed by atoms with E-state index in [1.807, 2.05) is 12.1 Å². The van der Waals surface area contributed by atoms with E-state index in [1.54, 1.807) is 43.6 Å². The van der Waals surface area contributed by atoms with Gasteiger partial charge in [0.1, 0.15) is 11.5 Å². The van der Waals surface area contributed by atoms with Crippen molar-refractivity contribution in [3.8, 4) is 11.8 Å². The largest absolute Gasteiger partial charge is 0.354 e. The number of nitrogens with zero attached hydrogens (tertiary/aromatic N) is 2. The van der Waals surface area contributed by atoms with Gasteiger partial charge in [-0.2, -0.15) is 0 Å². The van der Waals surface area contributed by atoms with Crippen molar-refractivity contribution in [3.63, 3.8) is 0 Å². The van der Waals surface area contributed by atoms with Crippen LogP contribution in [0.1, 0.15) is 38.3 Å². The van der Waals surface area contributed by atoms with Crippen molar-refractivity contribution in [1.29, 1.82) is 0 Å². The molecular formula is C25H26N4O3S. The number of aromatic nitrogens is 2. The highest BCUT2D eigenvalue weighted by molar-refractivity contribution is 7.90. The van der Waals surface area contributed by atoms with Gasteiger partial charge in [-0.05, 0) is 68.0 Å². The van der Waals surface area contributed by atoms with Crippen molar-refractivity contribution in [2.24, 2.45) is 5.92 Å². The van der Waals surface area contributed by atoms with E-state index in [0.717, 1.165) is 42.1 Å². The maximum atomic E-state index is 11.7. The summed E-state index contributed by atoms with van der Waals surface area (Å²) < 4.78 is 23.3. The van der Waals surface area contributed by atoms with Gasteiger partial charge in [0.05, 0.1) is 4.90 Å². The summed E-state index contributed by atoms with van der Waals surface area (Å²) in [5, 5.41) is 8.06. The molecule has 2 N–H and O–H groups in total. The molecule has 33 heavy (non-hydrogen) atoms. The van der Waals surface area contributed by atoms with Crippen LogP contribution in [0, 0.1) is 17.8 Å². The maximum absolute atomic E-state index is 11.7.